The van der Waals surface area contributed by atoms with Crippen LogP contribution in [-0.2, 0) is 26.2 Å². The van der Waals surface area contributed by atoms with Crippen molar-refractivity contribution in [1.82, 2.24) is 10.2 Å². The first-order valence-electron chi connectivity index (χ1n) is 11.2. The fraction of sp³-hybridized carbons (Fsp3) is 0.440. The summed E-state index contributed by atoms with van der Waals surface area (Å²) in [5, 5.41) is 2.87. The van der Waals surface area contributed by atoms with Gasteiger partial charge in [0, 0.05) is 17.6 Å². The number of anilines is 1. The minimum atomic E-state index is -3.75. The van der Waals surface area contributed by atoms with Crippen molar-refractivity contribution in [2.75, 3.05) is 23.7 Å². The molecule has 0 aliphatic rings. The van der Waals surface area contributed by atoms with Gasteiger partial charge in [-0.3, -0.25) is 13.9 Å². The van der Waals surface area contributed by atoms with E-state index >= 15 is 0 Å². The average molecular weight is 553 g/mol. The van der Waals surface area contributed by atoms with Gasteiger partial charge in [0.05, 0.1) is 11.9 Å². The molecule has 0 saturated carbocycles. The van der Waals surface area contributed by atoms with Crippen molar-refractivity contribution in [3.05, 3.63) is 63.6 Å². The molecule has 9 heteroatoms. The topological polar surface area (TPSA) is 86.8 Å². The van der Waals surface area contributed by atoms with Crippen molar-refractivity contribution in [3.63, 3.8) is 0 Å². The molecule has 0 spiro atoms. The molecule has 0 aromatic heterocycles. The molecule has 0 unspecified atom stereocenters. The van der Waals surface area contributed by atoms with Gasteiger partial charge in [0.15, 0.2) is 0 Å². The molecule has 34 heavy (non-hydrogen) atoms. The van der Waals surface area contributed by atoms with Gasteiger partial charge in [-0.05, 0) is 56.0 Å². The summed E-state index contributed by atoms with van der Waals surface area (Å²) in [6.07, 6.45) is 1.07. The van der Waals surface area contributed by atoms with Crippen LogP contribution in [0.3, 0.4) is 0 Å². The van der Waals surface area contributed by atoms with Crippen LogP contribution < -0.4 is 9.62 Å². The van der Waals surface area contributed by atoms with Crippen LogP contribution in [0.25, 0.3) is 0 Å². The highest BCUT2D eigenvalue weighted by molar-refractivity contribution is 9.10. The third-order valence-electron chi connectivity index (χ3n) is 5.43. The lowest BCUT2D eigenvalue weighted by molar-refractivity contribution is -0.139. The van der Waals surface area contributed by atoms with E-state index in [4.69, 9.17) is 0 Å². The number of carbonyl (C=O) groups is 2. The largest absolute Gasteiger partial charge is 0.354 e. The Bertz CT molecular complexity index is 1120. The summed E-state index contributed by atoms with van der Waals surface area (Å²) in [4.78, 5) is 27.8. The molecule has 2 aromatic carbocycles. The van der Waals surface area contributed by atoms with Crippen molar-refractivity contribution >= 4 is 43.5 Å². The second-order valence-corrected chi connectivity index (χ2v) is 11.8. The molecule has 0 aliphatic carbocycles. The zero-order valence-corrected chi connectivity index (χ0v) is 23.0. The van der Waals surface area contributed by atoms with Crippen LogP contribution in [-0.4, -0.2) is 50.5 Å². The van der Waals surface area contributed by atoms with E-state index in [1.165, 1.54) is 4.90 Å². The van der Waals surface area contributed by atoms with Gasteiger partial charge in [-0.15, -0.1) is 0 Å². The molecule has 0 saturated heterocycles. The fourth-order valence-electron chi connectivity index (χ4n) is 3.32. The minimum absolute atomic E-state index is 0.187. The second kappa shape index (κ2) is 11.8. The van der Waals surface area contributed by atoms with Crippen LogP contribution in [0.1, 0.15) is 37.5 Å². The van der Waals surface area contributed by atoms with Crippen LogP contribution in [0.5, 0.6) is 0 Å². The molecule has 0 fully saturated rings. The van der Waals surface area contributed by atoms with Crippen molar-refractivity contribution < 1.29 is 18.0 Å². The molecule has 2 aromatic rings. The maximum Gasteiger partial charge on any atom is 0.244 e. The molecule has 1 atom stereocenters. The third kappa shape index (κ3) is 7.84. The molecule has 1 N–H and O–H groups in total. The zero-order chi connectivity index (χ0) is 25.6. The summed E-state index contributed by atoms with van der Waals surface area (Å²) in [5.41, 5.74) is 3.17. The van der Waals surface area contributed by atoms with Gasteiger partial charge < -0.3 is 10.2 Å². The highest BCUT2D eigenvalue weighted by atomic mass is 79.9. The number of nitrogens with one attached hydrogen (secondary N) is 1. The lowest BCUT2D eigenvalue weighted by Crippen LogP contribution is -2.51. The predicted molar refractivity (Wildman–Crippen MR) is 140 cm³/mol. The van der Waals surface area contributed by atoms with Crippen LogP contribution in [0.15, 0.2) is 46.9 Å². The summed E-state index contributed by atoms with van der Waals surface area (Å²) >= 11 is 3.42. The molecular formula is C25H34BrN3O4S. The normalized spacial score (nSPS) is 12.4. The third-order valence-corrected chi connectivity index (χ3v) is 7.46. The van der Waals surface area contributed by atoms with Crippen molar-refractivity contribution in [2.45, 2.75) is 47.2 Å². The maximum atomic E-state index is 13.5. The Kier molecular flexibility index (Phi) is 9.70. The number of rotatable bonds is 10. The number of amides is 2. The van der Waals surface area contributed by atoms with Gasteiger partial charge in [-0.2, -0.15) is 0 Å². The van der Waals surface area contributed by atoms with E-state index in [1.807, 2.05) is 52.0 Å². The number of sulfonamides is 1. The fourth-order valence-corrected chi connectivity index (χ4v) is 4.41. The first-order valence-corrected chi connectivity index (χ1v) is 13.8. The van der Waals surface area contributed by atoms with E-state index < -0.39 is 28.5 Å². The number of benzene rings is 2. The number of hydrogen-bond acceptors (Lipinski definition) is 4. The van der Waals surface area contributed by atoms with Crippen molar-refractivity contribution in [2.24, 2.45) is 5.92 Å². The number of halogens is 1. The number of aryl methyl sites for hydroxylation is 2. The molecule has 0 heterocycles. The van der Waals surface area contributed by atoms with Crippen LogP contribution in [0.4, 0.5) is 5.69 Å². The molecule has 0 radical (unpaired) electrons. The first-order chi connectivity index (χ1) is 15.8. The molecule has 0 aliphatic heterocycles. The summed E-state index contributed by atoms with van der Waals surface area (Å²) < 4.78 is 27.2. The molecule has 2 rings (SSSR count). The highest BCUT2D eigenvalue weighted by Gasteiger charge is 2.30. The number of hydrogen-bond donors (Lipinski definition) is 1. The molecule has 186 valence electrons. The van der Waals surface area contributed by atoms with E-state index in [9.17, 15) is 18.0 Å². The Hall–Kier alpha value is -2.39. The Morgan fingerprint density at radius 2 is 1.65 bits per heavy atom. The first kappa shape index (κ1) is 27.9. The summed E-state index contributed by atoms with van der Waals surface area (Å²) in [6, 6.07) is 12.0. The molecule has 2 amide bonds. The van der Waals surface area contributed by atoms with Crippen molar-refractivity contribution in [3.8, 4) is 0 Å². The monoisotopic (exact) mass is 551 g/mol. The van der Waals surface area contributed by atoms with Gasteiger partial charge in [0.25, 0.3) is 0 Å². The van der Waals surface area contributed by atoms with Gasteiger partial charge in [0.2, 0.25) is 21.8 Å². The summed E-state index contributed by atoms with van der Waals surface area (Å²) in [6.45, 7) is 9.73. The average Bonchev–Trinajstić information content (AvgIpc) is 2.76. The van der Waals surface area contributed by atoms with Gasteiger partial charge >= 0.3 is 0 Å². The van der Waals surface area contributed by atoms with Gasteiger partial charge in [0.1, 0.15) is 12.6 Å². The molecule has 0 bridgehead atoms. The van der Waals surface area contributed by atoms with E-state index in [2.05, 4.69) is 21.2 Å². The van der Waals surface area contributed by atoms with E-state index in [0.717, 1.165) is 31.7 Å². The predicted octanol–water partition coefficient (Wildman–Crippen LogP) is 4.02. The Balaban J connectivity index is 2.37. The smallest absolute Gasteiger partial charge is 0.244 e. The van der Waals surface area contributed by atoms with Crippen molar-refractivity contribution in [1.29, 1.82) is 0 Å². The maximum absolute atomic E-state index is 13.5. The molecular weight excluding hydrogens is 518 g/mol. The highest BCUT2D eigenvalue weighted by Crippen LogP contribution is 2.25. The number of nitrogens with zero attached hydrogens (tertiary/aromatic N) is 2. The quantitative estimate of drug-likeness (QED) is 0.483. The second-order valence-electron chi connectivity index (χ2n) is 9.03. The van der Waals surface area contributed by atoms with Crippen LogP contribution in [0, 0.1) is 19.8 Å². The van der Waals surface area contributed by atoms with E-state index in [1.54, 1.807) is 25.1 Å². The Morgan fingerprint density at radius 3 is 2.18 bits per heavy atom. The minimum Gasteiger partial charge on any atom is -0.354 e. The van der Waals surface area contributed by atoms with Crippen LogP contribution >= 0.6 is 15.9 Å². The SMILES string of the molecule is Cc1ccc(CN(C(=O)CN(c2ccc(Br)c(C)c2)S(C)(=O)=O)[C@H](C)C(=O)NCC(C)C)cc1. The number of carbonyl (C=O) groups excluding carboxylic acids is 2. The van der Waals surface area contributed by atoms with Crippen LogP contribution in [0.2, 0.25) is 0 Å². The Morgan fingerprint density at radius 1 is 1.03 bits per heavy atom. The van der Waals surface area contributed by atoms with Gasteiger partial charge in [-0.25, -0.2) is 8.42 Å². The standard InChI is InChI=1S/C25H34BrN3O4S/c1-17(2)14-27-25(31)20(5)28(15-21-9-7-18(3)8-10-21)24(30)16-29(34(6,32)33)22-11-12-23(26)19(4)13-22/h7-13,17,20H,14-16H2,1-6H3,(H,27,31)/t20-/m1/s1. The zero-order valence-electron chi connectivity index (χ0n) is 20.6. The Labute approximate surface area is 211 Å². The lowest BCUT2D eigenvalue weighted by atomic mass is 10.1. The van der Waals surface area contributed by atoms with E-state index in [0.29, 0.717) is 12.2 Å². The van der Waals surface area contributed by atoms with Gasteiger partial charge in [-0.1, -0.05) is 59.6 Å². The van der Waals surface area contributed by atoms with E-state index in [-0.39, 0.29) is 18.4 Å². The molecule has 7 nitrogen and oxygen atoms in total. The lowest BCUT2D eigenvalue weighted by Gasteiger charge is -2.31. The summed E-state index contributed by atoms with van der Waals surface area (Å²) in [5.74, 6) is -0.475. The summed E-state index contributed by atoms with van der Waals surface area (Å²) in [7, 11) is -3.75.